The zero-order valence-corrected chi connectivity index (χ0v) is 24.9. The molecule has 0 spiro atoms. The summed E-state index contributed by atoms with van der Waals surface area (Å²) in [6, 6.07) is 9.25. The van der Waals surface area contributed by atoms with Gasteiger partial charge in [-0.1, -0.05) is 24.2 Å². The van der Waals surface area contributed by atoms with Crippen LogP contribution in [0.15, 0.2) is 30.9 Å². The number of hydrogen-bond donors (Lipinski definition) is 0. The highest BCUT2D eigenvalue weighted by Crippen LogP contribution is 2.38. The van der Waals surface area contributed by atoms with E-state index in [1.165, 1.54) is 22.9 Å². The van der Waals surface area contributed by atoms with Crippen molar-refractivity contribution in [3.8, 4) is 6.07 Å². The largest absolute Gasteiger partial charge is 0.368 e. The van der Waals surface area contributed by atoms with Gasteiger partial charge in [0.1, 0.15) is 5.82 Å². The molecule has 9 nitrogen and oxygen atoms in total. The number of nitrogens with zero attached hydrogens (tertiary/aromatic N) is 8. The fourth-order valence-electron chi connectivity index (χ4n) is 6.87. The summed E-state index contributed by atoms with van der Waals surface area (Å²) < 4.78 is 0. The Labute approximate surface area is 248 Å². The first kappa shape index (κ1) is 27.8. The van der Waals surface area contributed by atoms with E-state index in [0.29, 0.717) is 31.7 Å². The van der Waals surface area contributed by atoms with Gasteiger partial charge < -0.3 is 24.5 Å². The number of rotatable bonds is 6. The molecule has 1 amide bonds. The second-order valence-electron chi connectivity index (χ2n) is 12.0. The zero-order chi connectivity index (χ0) is 28.7. The SMILES string of the molecule is C=CC(=O)N1CCN(c2nc(N3CC(N(C)C)C3)nc3c2CC[C@@H](N2CCCc4ccc(Cl)cc42)C3)C[C@@H]1CC#N. The van der Waals surface area contributed by atoms with Crippen molar-refractivity contribution in [1.82, 2.24) is 19.8 Å². The van der Waals surface area contributed by atoms with Crippen LogP contribution in [0.3, 0.4) is 0 Å². The first-order chi connectivity index (χ1) is 19.9. The maximum absolute atomic E-state index is 12.5. The minimum atomic E-state index is -0.193. The number of carbonyl (C=O) groups is 1. The van der Waals surface area contributed by atoms with Gasteiger partial charge in [0.25, 0.3) is 0 Å². The lowest BCUT2D eigenvalue weighted by Crippen LogP contribution is -2.58. The van der Waals surface area contributed by atoms with Crippen LogP contribution in [0.1, 0.15) is 36.1 Å². The lowest BCUT2D eigenvalue weighted by Gasteiger charge is -2.45. The summed E-state index contributed by atoms with van der Waals surface area (Å²) >= 11 is 6.44. The number of aryl methyl sites for hydroxylation is 1. The van der Waals surface area contributed by atoms with Gasteiger partial charge in [0.2, 0.25) is 11.9 Å². The van der Waals surface area contributed by atoms with Crippen molar-refractivity contribution in [1.29, 1.82) is 5.26 Å². The molecule has 10 heteroatoms. The van der Waals surface area contributed by atoms with Crippen LogP contribution in [0.5, 0.6) is 0 Å². The molecule has 0 bridgehead atoms. The number of nitriles is 1. The Morgan fingerprint density at radius 2 is 2.00 bits per heavy atom. The van der Waals surface area contributed by atoms with Gasteiger partial charge in [0, 0.05) is 74.0 Å². The second kappa shape index (κ2) is 11.5. The van der Waals surface area contributed by atoms with Crippen LogP contribution < -0.4 is 14.7 Å². The molecule has 0 N–H and O–H groups in total. The third-order valence-corrected chi connectivity index (χ3v) is 9.54. The van der Waals surface area contributed by atoms with E-state index in [4.69, 9.17) is 21.6 Å². The molecule has 1 aromatic carbocycles. The molecule has 41 heavy (non-hydrogen) atoms. The number of likely N-dealkylation sites (N-methyl/N-ethyl adjacent to an activating group) is 1. The maximum Gasteiger partial charge on any atom is 0.246 e. The first-order valence-electron chi connectivity index (χ1n) is 14.8. The van der Waals surface area contributed by atoms with Crippen molar-refractivity contribution in [2.24, 2.45) is 0 Å². The number of amides is 1. The summed E-state index contributed by atoms with van der Waals surface area (Å²) in [5, 5.41) is 10.3. The molecule has 2 atom stereocenters. The Morgan fingerprint density at radius 3 is 2.76 bits per heavy atom. The van der Waals surface area contributed by atoms with Gasteiger partial charge in [-0.05, 0) is 63.6 Å². The highest BCUT2D eigenvalue weighted by atomic mass is 35.5. The Morgan fingerprint density at radius 1 is 1.17 bits per heavy atom. The molecule has 0 saturated carbocycles. The predicted octanol–water partition coefficient (Wildman–Crippen LogP) is 3.31. The molecule has 1 aromatic heterocycles. The van der Waals surface area contributed by atoms with Gasteiger partial charge in [-0.15, -0.1) is 0 Å². The third kappa shape index (κ3) is 5.35. The van der Waals surface area contributed by atoms with Crippen molar-refractivity contribution < 1.29 is 4.79 Å². The average molecular weight is 575 g/mol. The highest BCUT2D eigenvalue weighted by molar-refractivity contribution is 6.30. The van der Waals surface area contributed by atoms with Gasteiger partial charge in [-0.25, -0.2) is 4.98 Å². The molecule has 0 unspecified atom stereocenters. The standard InChI is InChI=1S/C31H39ClN8O/c1-4-29(41)40-15-14-37(18-24(40)11-12-33)30-26-10-9-23(39-13-5-6-21-7-8-22(32)16-28(21)39)17-27(26)34-31(35-30)38-19-25(20-38)36(2)3/h4,7-8,16,23-25H,1,5-6,9-11,13-15,17-20H2,2-3H3/t23-,24+/m1/s1. The molecule has 0 radical (unpaired) electrons. The summed E-state index contributed by atoms with van der Waals surface area (Å²) in [5.74, 6) is 1.66. The Hall–Kier alpha value is -3.35. The minimum absolute atomic E-state index is 0.115. The number of carbonyl (C=O) groups excluding carboxylic acids is 1. The van der Waals surface area contributed by atoms with Gasteiger partial charge in [-0.3, -0.25) is 4.79 Å². The van der Waals surface area contributed by atoms with Crippen LogP contribution in [0.25, 0.3) is 0 Å². The van der Waals surface area contributed by atoms with Crippen LogP contribution >= 0.6 is 11.6 Å². The number of anilines is 3. The Bertz CT molecular complexity index is 1370. The molecule has 3 aliphatic heterocycles. The van der Waals surface area contributed by atoms with Gasteiger partial charge in [0.15, 0.2) is 0 Å². The van der Waals surface area contributed by atoms with E-state index in [9.17, 15) is 10.1 Å². The summed E-state index contributed by atoms with van der Waals surface area (Å²) in [7, 11) is 4.24. The normalized spacial score (nSPS) is 22.6. The van der Waals surface area contributed by atoms with Gasteiger partial charge in [-0.2, -0.15) is 10.2 Å². The number of hydrogen-bond acceptors (Lipinski definition) is 8. The molecule has 6 rings (SSSR count). The molecule has 2 saturated heterocycles. The quantitative estimate of drug-likeness (QED) is 0.486. The van der Waals surface area contributed by atoms with Crippen molar-refractivity contribution in [2.75, 3.05) is 68.1 Å². The summed E-state index contributed by atoms with van der Waals surface area (Å²) in [6.07, 6.45) is 6.66. The van der Waals surface area contributed by atoms with Crippen molar-refractivity contribution in [3.63, 3.8) is 0 Å². The fraction of sp³-hybridized carbons (Fsp3) is 0.548. The summed E-state index contributed by atoms with van der Waals surface area (Å²) in [5.41, 5.74) is 4.99. The van der Waals surface area contributed by atoms with Crippen molar-refractivity contribution in [3.05, 3.63) is 52.7 Å². The molecule has 4 aliphatic rings. The summed E-state index contributed by atoms with van der Waals surface area (Å²) in [4.78, 5) is 34.1. The van der Waals surface area contributed by atoms with E-state index < -0.39 is 0 Å². The third-order valence-electron chi connectivity index (χ3n) is 9.30. The van der Waals surface area contributed by atoms with E-state index in [1.807, 2.05) is 6.07 Å². The Kier molecular flexibility index (Phi) is 7.80. The lowest BCUT2D eigenvalue weighted by atomic mass is 9.88. The zero-order valence-electron chi connectivity index (χ0n) is 24.1. The number of piperazine rings is 1. The van der Waals surface area contributed by atoms with Crippen LogP contribution in [0, 0.1) is 11.3 Å². The molecule has 2 aromatic rings. The molecular formula is C31H39ClN8O. The number of halogens is 1. The van der Waals surface area contributed by atoms with Crippen molar-refractivity contribution >= 4 is 35.0 Å². The van der Waals surface area contributed by atoms with E-state index in [0.717, 1.165) is 74.2 Å². The maximum atomic E-state index is 12.5. The Balaban J connectivity index is 1.32. The molecule has 2 fully saturated rings. The fourth-order valence-corrected chi connectivity index (χ4v) is 7.04. The lowest BCUT2D eigenvalue weighted by molar-refractivity contribution is -0.128. The average Bonchev–Trinajstić information content (AvgIpc) is 2.95. The molecule has 4 heterocycles. The van der Waals surface area contributed by atoms with Crippen LogP contribution in [-0.2, 0) is 24.1 Å². The van der Waals surface area contributed by atoms with E-state index in [-0.39, 0.29) is 18.4 Å². The van der Waals surface area contributed by atoms with Gasteiger partial charge in [0.05, 0.1) is 24.2 Å². The predicted molar refractivity (Wildman–Crippen MR) is 163 cm³/mol. The van der Waals surface area contributed by atoms with Gasteiger partial charge >= 0.3 is 0 Å². The summed E-state index contributed by atoms with van der Waals surface area (Å²) in [6.45, 7) is 8.32. The highest BCUT2D eigenvalue weighted by Gasteiger charge is 2.37. The van der Waals surface area contributed by atoms with E-state index >= 15 is 0 Å². The molecule has 1 aliphatic carbocycles. The number of fused-ring (bicyclic) bond motifs is 2. The second-order valence-corrected chi connectivity index (χ2v) is 12.4. The van der Waals surface area contributed by atoms with Crippen LogP contribution in [-0.4, -0.2) is 97.2 Å². The van der Waals surface area contributed by atoms with Crippen LogP contribution in [0.4, 0.5) is 17.5 Å². The molecular weight excluding hydrogens is 536 g/mol. The van der Waals surface area contributed by atoms with Crippen molar-refractivity contribution in [2.45, 2.75) is 56.7 Å². The minimum Gasteiger partial charge on any atom is -0.368 e. The van der Waals surface area contributed by atoms with E-state index in [1.54, 1.807) is 4.90 Å². The number of benzene rings is 1. The van der Waals surface area contributed by atoms with E-state index in [2.05, 4.69) is 58.5 Å². The molecule has 216 valence electrons. The van der Waals surface area contributed by atoms with Crippen LogP contribution in [0.2, 0.25) is 5.02 Å². The smallest absolute Gasteiger partial charge is 0.246 e. The monoisotopic (exact) mass is 574 g/mol. The number of aromatic nitrogens is 2. The topological polar surface area (TPSA) is 82.8 Å². The first-order valence-corrected chi connectivity index (χ1v) is 15.1.